The minimum absolute atomic E-state index is 0.0737. The van der Waals surface area contributed by atoms with Crippen molar-refractivity contribution in [2.75, 3.05) is 9.80 Å². The monoisotopic (exact) mass is 772 g/mol. The van der Waals surface area contributed by atoms with Gasteiger partial charge in [0.1, 0.15) is 23.1 Å². The lowest BCUT2D eigenvalue weighted by atomic mass is 9.75. The van der Waals surface area contributed by atoms with Gasteiger partial charge in [-0.05, 0) is 104 Å². The van der Waals surface area contributed by atoms with E-state index >= 15 is 0 Å². The molecule has 0 N–H and O–H groups in total. The molecule has 2 aromatic heterocycles. The average Bonchev–Trinajstić information content (AvgIpc) is 3.88. The fourth-order valence-electron chi connectivity index (χ4n) is 8.51. The van der Waals surface area contributed by atoms with Crippen molar-refractivity contribution in [2.45, 2.75) is 104 Å². The Kier molecular flexibility index (Phi) is 8.45. The van der Waals surface area contributed by atoms with Gasteiger partial charge in [-0.25, -0.2) is 39.4 Å². The Morgan fingerprint density at radius 1 is 0.789 bits per heavy atom. The largest absolute Gasteiger partial charge is 0.439 e. The highest BCUT2D eigenvalue weighted by Crippen LogP contribution is 2.51. The number of carbonyl (C=O) groups excluding carboxylic acids is 4. The van der Waals surface area contributed by atoms with Crippen molar-refractivity contribution in [3.05, 3.63) is 95.3 Å². The Morgan fingerprint density at radius 2 is 1.42 bits per heavy atom. The summed E-state index contributed by atoms with van der Waals surface area (Å²) in [5, 5.41) is 2.16. The molecule has 2 aromatic carbocycles. The van der Waals surface area contributed by atoms with Crippen LogP contribution in [0.15, 0.2) is 73.1 Å². The van der Waals surface area contributed by atoms with Gasteiger partial charge in [0.15, 0.2) is 0 Å². The molecule has 1 unspecified atom stereocenters. The number of hydrazine groups is 1. The maximum Gasteiger partial charge on any atom is 0.351 e. The van der Waals surface area contributed by atoms with Gasteiger partial charge in [-0.3, -0.25) is 9.59 Å². The lowest BCUT2D eigenvalue weighted by Gasteiger charge is -2.38. The van der Waals surface area contributed by atoms with E-state index in [-0.39, 0.29) is 46.7 Å². The van der Waals surface area contributed by atoms with Crippen molar-refractivity contribution in [1.29, 1.82) is 0 Å². The molecule has 14 heteroatoms. The number of aromatic nitrogens is 2. The number of imide groups is 2. The van der Waals surface area contributed by atoms with Gasteiger partial charge in [0.25, 0.3) is 11.8 Å². The summed E-state index contributed by atoms with van der Waals surface area (Å²) in [6.45, 7) is 12.3. The summed E-state index contributed by atoms with van der Waals surface area (Å²) in [5.41, 5.74) is 3.02. The van der Waals surface area contributed by atoms with Crippen LogP contribution in [0.1, 0.15) is 95.6 Å². The van der Waals surface area contributed by atoms with Crippen molar-refractivity contribution in [3.63, 3.8) is 0 Å². The molecule has 0 radical (unpaired) electrons. The number of carbonyl (C=O) groups is 4. The molecule has 1 saturated carbocycles. The first-order valence-corrected chi connectivity index (χ1v) is 19.4. The van der Waals surface area contributed by atoms with Crippen molar-refractivity contribution in [3.8, 4) is 23.3 Å². The molecule has 2 saturated heterocycles. The SMILES string of the molecule is CC[C@@H]1C(=O)N(c2ccc(Oc3ccc4c(c3)C3(CCC3)OC4)nc2)C(=O)N1N1C(=O)N(c2ccc(Oc3ccc4c(c3)C(C(C)(C)C)OC4)nc2)C(=O)C1(C)C. The molecule has 4 aliphatic heterocycles. The molecular formula is C43H44N6O8. The molecule has 9 rings (SSSR count). The van der Waals surface area contributed by atoms with Crippen LogP contribution in [-0.2, 0) is 37.9 Å². The lowest BCUT2D eigenvalue weighted by Crippen LogP contribution is -2.58. The van der Waals surface area contributed by atoms with Gasteiger partial charge in [0, 0.05) is 12.1 Å². The first kappa shape index (κ1) is 36.8. The highest BCUT2D eigenvalue weighted by atomic mass is 16.5. The second-order valence-electron chi connectivity index (χ2n) is 16.8. The molecular weight excluding hydrogens is 729 g/mol. The zero-order chi connectivity index (χ0) is 40.0. The number of pyridine rings is 2. The second kappa shape index (κ2) is 13.1. The van der Waals surface area contributed by atoms with Crippen LogP contribution >= 0.6 is 0 Å². The minimum atomic E-state index is -1.53. The molecule has 1 aliphatic carbocycles. The van der Waals surface area contributed by atoms with Crippen molar-refractivity contribution >= 4 is 35.3 Å². The Bertz CT molecular complexity index is 2320. The van der Waals surface area contributed by atoms with E-state index in [1.807, 2.05) is 36.4 Å². The first-order chi connectivity index (χ1) is 27.2. The van der Waals surface area contributed by atoms with Gasteiger partial charge in [0.05, 0.1) is 48.7 Å². The maximum atomic E-state index is 14.2. The number of fused-ring (bicyclic) bond motifs is 3. The summed E-state index contributed by atoms with van der Waals surface area (Å²) in [4.78, 5) is 67.0. The number of amides is 6. The molecule has 4 aromatic rings. The fraction of sp³-hybridized carbons (Fsp3) is 0.395. The highest BCUT2D eigenvalue weighted by molar-refractivity contribution is 6.26. The van der Waals surface area contributed by atoms with Crippen LogP contribution in [0.4, 0.5) is 21.0 Å². The average molecular weight is 773 g/mol. The number of rotatable bonds is 8. The van der Waals surface area contributed by atoms with E-state index in [4.69, 9.17) is 18.9 Å². The Balaban J connectivity index is 0.918. The number of hydrogen-bond donors (Lipinski definition) is 0. The van der Waals surface area contributed by atoms with E-state index in [2.05, 4.69) is 30.7 Å². The van der Waals surface area contributed by atoms with Crippen molar-refractivity contribution in [2.24, 2.45) is 5.41 Å². The second-order valence-corrected chi connectivity index (χ2v) is 16.8. The Labute approximate surface area is 330 Å². The van der Waals surface area contributed by atoms with Crippen LogP contribution in [0, 0.1) is 5.41 Å². The molecule has 6 amide bonds. The van der Waals surface area contributed by atoms with Gasteiger partial charge in [-0.1, -0.05) is 39.8 Å². The molecule has 2 atom stereocenters. The van der Waals surface area contributed by atoms with Gasteiger partial charge < -0.3 is 18.9 Å². The van der Waals surface area contributed by atoms with Crippen molar-refractivity contribution in [1.82, 2.24) is 20.0 Å². The predicted octanol–water partition coefficient (Wildman–Crippen LogP) is 8.30. The lowest BCUT2D eigenvalue weighted by molar-refractivity contribution is -0.132. The Hall–Kier alpha value is -5.86. The zero-order valence-electron chi connectivity index (χ0n) is 32.8. The number of anilines is 2. The summed E-state index contributed by atoms with van der Waals surface area (Å²) in [7, 11) is 0. The topological polar surface area (TPSA) is 144 Å². The maximum absolute atomic E-state index is 14.2. The number of benzene rings is 2. The molecule has 0 bridgehead atoms. The zero-order valence-corrected chi connectivity index (χ0v) is 32.8. The number of hydrogen-bond acceptors (Lipinski definition) is 10. The molecule has 57 heavy (non-hydrogen) atoms. The smallest absolute Gasteiger partial charge is 0.351 e. The van der Waals surface area contributed by atoms with Gasteiger partial charge in [-0.2, -0.15) is 0 Å². The molecule has 5 aliphatic rings. The quantitative estimate of drug-likeness (QED) is 0.161. The van der Waals surface area contributed by atoms with Crippen LogP contribution in [0.3, 0.4) is 0 Å². The third kappa shape index (κ3) is 5.83. The molecule has 3 fully saturated rings. The number of urea groups is 2. The summed E-state index contributed by atoms with van der Waals surface area (Å²) in [6.07, 6.45) is 5.97. The number of ether oxygens (including phenoxy) is 4. The molecule has 1 spiro atoms. The molecule has 14 nitrogen and oxygen atoms in total. The summed E-state index contributed by atoms with van der Waals surface area (Å²) < 4.78 is 24.3. The third-order valence-corrected chi connectivity index (χ3v) is 11.7. The van der Waals surface area contributed by atoms with E-state index in [0.29, 0.717) is 24.7 Å². The minimum Gasteiger partial charge on any atom is -0.439 e. The fourth-order valence-corrected chi connectivity index (χ4v) is 8.51. The highest BCUT2D eigenvalue weighted by Gasteiger charge is 2.61. The molecule has 294 valence electrons. The predicted molar refractivity (Wildman–Crippen MR) is 206 cm³/mol. The normalized spacial score (nSPS) is 22.1. The van der Waals surface area contributed by atoms with Crippen LogP contribution in [0.2, 0.25) is 0 Å². The molecule has 6 heterocycles. The van der Waals surface area contributed by atoms with Crippen LogP contribution in [-0.4, -0.2) is 55.4 Å². The van der Waals surface area contributed by atoms with Crippen LogP contribution in [0.5, 0.6) is 23.3 Å². The van der Waals surface area contributed by atoms with Crippen LogP contribution < -0.4 is 19.3 Å². The van der Waals surface area contributed by atoms with E-state index in [0.717, 1.165) is 61.3 Å². The van der Waals surface area contributed by atoms with Crippen molar-refractivity contribution < 1.29 is 38.1 Å². The third-order valence-electron chi connectivity index (χ3n) is 11.7. The van der Waals surface area contributed by atoms with Gasteiger partial charge in [-0.15, -0.1) is 0 Å². The van der Waals surface area contributed by atoms with Gasteiger partial charge in [0.2, 0.25) is 11.8 Å². The standard InChI is InChI=1S/C43H44N6O8/c1-7-33-37(50)46(27-11-15-35(44-21-27)57-30-14-10-26-24-55-43(17-8-18-43)32(26)20-30)39(52)48(33)49-40(53)47(38(51)42(49,5)6)28-12-16-34(45-22-28)56-29-13-9-25-23-54-36(31(25)19-29)41(2,3)4/h9-16,19-22,33,36H,7-8,17-18,23-24H2,1-6H3/t33-,36?/m1/s1. The van der Waals surface area contributed by atoms with Gasteiger partial charge >= 0.3 is 12.1 Å². The van der Waals surface area contributed by atoms with E-state index < -0.39 is 35.5 Å². The summed E-state index contributed by atoms with van der Waals surface area (Å²) in [5.74, 6) is 0.592. The van der Waals surface area contributed by atoms with E-state index in [1.165, 1.54) is 12.4 Å². The van der Waals surface area contributed by atoms with E-state index in [1.54, 1.807) is 45.0 Å². The summed E-state index contributed by atoms with van der Waals surface area (Å²) in [6, 6.07) is 15.3. The number of nitrogens with zero attached hydrogens (tertiary/aromatic N) is 6. The summed E-state index contributed by atoms with van der Waals surface area (Å²) >= 11 is 0. The first-order valence-electron chi connectivity index (χ1n) is 19.4. The Morgan fingerprint density at radius 3 is 2.00 bits per heavy atom. The van der Waals surface area contributed by atoms with E-state index in [9.17, 15) is 19.2 Å². The van der Waals surface area contributed by atoms with Crippen LogP contribution in [0.25, 0.3) is 0 Å².